The molecule has 5 atom stereocenters. The zero-order chi connectivity index (χ0) is 28.6. The largest absolute Gasteiger partial charge is 0.478 e. The molecule has 0 aromatic rings. The third kappa shape index (κ3) is 8.47. The van der Waals surface area contributed by atoms with Crippen molar-refractivity contribution in [2.75, 3.05) is 34.1 Å². The molecule has 12 nitrogen and oxygen atoms in total. The van der Waals surface area contributed by atoms with Crippen LogP contribution in [-0.2, 0) is 42.0 Å². The van der Waals surface area contributed by atoms with Gasteiger partial charge in [0.25, 0.3) is 0 Å². The number of phosphoric ester groups is 1. The summed E-state index contributed by atoms with van der Waals surface area (Å²) in [5.41, 5.74) is 2.62. The molecule has 2 saturated heterocycles. The summed E-state index contributed by atoms with van der Waals surface area (Å²) in [5, 5.41) is 4.41. The quantitative estimate of drug-likeness (QED) is 0.225. The lowest BCUT2D eigenvalue weighted by atomic mass is 9.75. The van der Waals surface area contributed by atoms with E-state index in [1.807, 2.05) is 12.1 Å². The van der Waals surface area contributed by atoms with Crippen LogP contribution in [0.25, 0.3) is 0 Å². The van der Waals surface area contributed by atoms with Gasteiger partial charge in [-0.2, -0.15) is 0 Å². The highest BCUT2D eigenvalue weighted by Crippen LogP contribution is 2.57. The van der Waals surface area contributed by atoms with E-state index in [1.165, 1.54) is 26.4 Å². The molecule has 3 fully saturated rings. The average Bonchev–Trinajstić information content (AvgIpc) is 3.21. The van der Waals surface area contributed by atoms with Crippen molar-refractivity contribution in [1.29, 1.82) is 0 Å². The van der Waals surface area contributed by atoms with Gasteiger partial charge in [-0.15, -0.1) is 0 Å². The van der Waals surface area contributed by atoms with Crippen molar-refractivity contribution in [1.82, 2.24) is 15.8 Å². The molecule has 3 rings (SSSR count). The van der Waals surface area contributed by atoms with Gasteiger partial charge in [0.05, 0.1) is 20.1 Å². The number of carbonyl (C=O) groups excluding carboxylic acids is 3. The second-order valence-corrected chi connectivity index (χ2v) is 13.0. The molecule has 2 aliphatic heterocycles. The minimum Gasteiger partial charge on any atom is -0.469 e. The van der Waals surface area contributed by atoms with E-state index in [9.17, 15) is 18.9 Å². The minimum absolute atomic E-state index is 0.0127. The maximum Gasteiger partial charge on any atom is 0.478 e. The third-order valence-corrected chi connectivity index (χ3v) is 9.37. The maximum absolute atomic E-state index is 13.3. The molecule has 39 heavy (non-hydrogen) atoms. The van der Waals surface area contributed by atoms with E-state index in [2.05, 4.69) is 22.4 Å². The smallest absolute Gasteiger partial charge is 0.469 e. The number of nitrogens with zero attached hydrogens (tertiary/aromatic N) is 1. The molecule has 0 spiro atoms. The first-order chi connectivity index (χ1) is 18.5. The zero-order valence-electron chi connectivity index (χ0n) is 23.9. The van der Waals surface area contributed by atoms with Crippen LogP contribution in [0.3, 0.4) is 0 Å². The summed E-state index contributed by atoms with van der Waals surface area (Å²) in [7, 11) is -1.08. The third-order valence-electron chi connectivity index (χ3n) is 8.04. The number of carbonyl (C=O) groups is 3. The molecule has 224 valence electrons. The number of hydrogen-bond donors (Lipinski definition) is 2. The van der Waals surface area contributed by atoms with E-state index >= 15 is 0 Å². The summed E-state index contributed by atoms with van der Waals surface area (Å²) in [5.74, 6) is -0.977. The number of hydrazine groups is 1. The Bertz CT molecular complexity index is 894. The van der Waals surface area contributed by atoms with Crippen LogP contribution in [-0.4, -0.2) is 75.1 Å². The summed E-state index contributed by atoms with van der Waals surface area (Å²) in [6.07, 6.45) is 7.94. The van der Waals surface area contributed by atoms with Gasteiger partial charge in [-0.05, 0) is 12.3 Å². The van der Waals surface area contributed by atoms with Gasteiger partial charge in [0.15, 0.2) is 6.10 Å². The highest BCUT2D eigenvalue weighted by molar-refractivity contribution is 7.48. The van der Waals surface area contributed by atoms with Crippen molar-refractivity contribution < 1.29 is 42.0 Å². The van der Waals surface area contributed by atoms with E-state index in [4.69, 9.17) is 18.3 Å². The number of methoxy groups -OCH3 is 1. The highest BCUT2D eigenvalue weighted by Gasteiger charge is 2.50. The molecule has 0 aromatic heterocycles. The van der Waals surface area contributed by atoms with Gasteiger partial charge >= 0.3 is 19.8 Å². The second-order valence-electron chi connectivity index (χ2n) is 11.4. The summed E-state index contributed by atoms with van der Waals surface area (Å²) in [6, 6.07) is -0.327. The first-order valence-electron chi connectivity index (χ1n) is 14.1. The van der Waals surface area contributed by atoms with Crippen molar-refractivity contribution in [2.45, 2.75) is 96.7 Å². The average molecular weight is 576 g/mol. The minimum atomic E-state index is -4.19. The Kier molecular flexibility index (Phi) is 11.8. The van der Waals surface area contributed by atoms with Crippen LogP contribution in [0.1, 0.15) is 78.6 Å². The summed E-state index contributed by atoms with van der Waals surface area (Å²) >= 11 is 0. The van der Waals surface area contributed by atoms with Crippen molar-refractivity contribution in [3.05, 3.63) is 0 Å². The molecule has 4 unspecified atom stereocenters. The lowest BCUT2D eigenvalue weighted by Crippen LogP contribution is -2.50. The van der Waals surface area contributed by atoms with E-state index in [0.29, 0.717) is 5.92 Å². The Labute approximate surface area is 231 Å². The molecule has 0 radical (unpaired) electrons. The Morgan fingerprint density at radius 3 is 2.44 bits per heavy atom. The van der Waals surface area contributed by atoms with Crippen LogP contribution in [0.15, 0.2) is 0 Å². The molecule has 1 saturated carbocycles. The normalized spacial score (nSPS) is 32.1. The number of ether oxygens (including phenoxy) is 2. The number of rotatable bonds is 10. The van der Waals surface area contributed by atoms with Crippen molar-refractivity contribution in [3.63, 3.8) is 0 Å². The number of hydrogen-bond acceptors (Lipinski definition) is 11. The molecule has 3 aliphatic rings. The first-order valence-corrected chi connectivity index (χ1v) is 15.5. The van der Waals surface area contributed by atoms with Gasteiger partial charge in [-0.25, -0.2) is 14.1 Å². The van der Waals surface area contributed by atoms with Crippen LogP contribution in [0.5, 0.6) is 0 Å². The highest BCUT2D eigenvalue weighted by atomic mass is 31.2. The first kappa shape index (κ1) is 32.0. The predicted octanol–water partition coefficient (Wildman–Crippen LogP) is 3.31. The van der Waals surface area contributed by atoms with Crippen LogP contribution in [0.4, 0.5) is 0 Å². The Morgan fingerprint density at radius 1 is 1.13 bits per heavy atom. The van der Waals surface area contributed by atoms with Crippen LogP contribution in [0.2, 0.25) is 0 Å². The fraction of sp³-hybridized carbons (Fsp3) is 0.885. The van der Waals surface area contributed by atoms with E-state index in [1.54, 1.807) is 13.8 Å². The SMILES string of the molecule is CCC1NN(C)C(C(=O)OCOP2(=O)OCC(C)(C)[C@H](C(=O)NCCC(=O)OC)O2)C1C1CCCCCCC1. The topological polar surface area (TPSA) is 142 Å². The molecule has 0 bridgehead atoms. The van der Waals surface area contributed by atoms with E-state index in [0.717, 1.165) is 32.1 Å². The predicted molar refractivity (Wildman–Crippen MR) is 142 cm³/mol. The lowest BCUT2D eigenvalue weighted by Gasteiger charge is -2.39. The Balaban J connectivity index is 1.58. The Morgan fingerprint density at radius 2 is 1.79 bits per heavy atom. The number of nitrogens with one attached hydrogen (secondary N) is 2. The lowest BCUT2D eigenvalue weighted by molar-refractivity contribution is -0.162. The summed E-state index contributed by atoms with van der Waals surface area (Å²) in [6.45, 7) is 4.89. The van der Waals surface area contributed by atoms with Crippen LogP contribution < -0.4 is 10.7 Å². The van der Waals surface area contributed by atoms with Gasteiger partial charge in [0.1, 0.15) is 6.04 Å². The fourth-order valence-corrected chi connectivity index (χ4v) is 7.36. The fourth-order valence-electron chi connectivity index (χ4n) is 5.85. The van der Waals surface area contributed by atoms with E-state index < -0.39 is 50.0 Å². The number of amides is 1. The van der Waals surface area contributed by atoms with Crippen LogP contribution in [0, 0.1) is 17.3 Å². The molecule has 1 aliphatic carbocycles. The Hall–Kier alpha value is -1.56. The number of likely N-dealkylation sites (N-methyl/N-ethyl adjacent to an activating group) is 1. The van der Waals surface area contributed by atoms with Gasteiger partial charge in [-0.1, -0.05) is 65.7 Å². The van der Waals surface area contributed by atoms with Gasteiger partial charge in [-0.3, -0.25) is 28.9 Å². The maximum atomic E-state index is 13.3. The number of esters is 2. The van der Waals surface area contributed by atoms with Crippen molar-refractivity contribution >= 4 is 25.7 Å². The second kappa shape index (κ2) is 14.4. The van der Waals surface area contributed by atoms with E-state index in [-0.39, 0.29) is 31.5 Å². The monoisotopic (exact) mass is 575 g/mol. The summed E-state index contributed by atoms with van der Waals surface area (Å²) < 4.78 is 39.4. The van der Waals surface area contributed by atoms with Gasteiger partial charge in [0, 0.05) is 31.0 Å². The van der Waals surface area contributed by atoms with Crippen LogP contribution >= 0.6 is 7.82 Å². The molecule has 0 aromatic carbocycles. The molecular weight excluding hydrogens is 529 g/mol. The van der Waals surface area contributed by atoms with Gasteiger partial charge in [0.2, 0.25) is 12.7 Å². The zero-order valence-corrected chi connectivity index (χ0v) is 24.8. The molecule has 2 N–H and O–H groups in total. The van der Waals surface area contributed by atoms with Gasteiger partial charge < -0.3 is 14.8 Å². The van der Waals surface area contributed by atoms with Crippen molar-refractivity contribution in [2.24, 2.45) is 17.3 Å². The molecule has 1 amide bonds. The number of phosphoric acid groups is 1. The standard InChI is InChI=1S/C26H46N3O9P/c1-6-19-21(18-12-10-8-7-9-11-13-18)22(29(4)28-19)25(32)35-17-37-39(33)36-16-26(2,3)23(38-39)24(31)27-15-14-20(30)34-5/h18-19,21-23,28H,6-17H2,1-5H3,(H,27,31)/t19?,21?,22?,23-,39?/m0/s1. The summed E-state index contributed by atoms with van der Waals surface area (Å²) in [4.78, 5) is 37.3. The molecule has 13 heteroatoms. The molecular formula is C26H46N3O9P. The van der Waals surface area contributed by atoms with Crippen molar-refractivity contribution in [3.8, 4) is 0 Å². The molecule has 2 heterocycles.